The molecule has 1 N–H and O–H groups in total. The number of hydrogen-bond donors (Lipinski definition) is 1. The van der Waals surface area contributed by atoms with Gasteiger partial charge in [0.05, 0.1) is 17.3 Å². The van der Waals surface area contributed by atoms with E-state index in [1.54, 1.807) is 30.6 Å². The molecule has 0 aliphatic carbocycles. The normalized spacial score (nSPS) is 10.4. The van der Waals surface area contributed by atoms with Crippen molar-refractivity contribution >= 4 is 29.3 Å². The van der Waals surface area contributed by atoms with Gasteiger partial charge < -0.3 is 19.6 Å². The highest BCUT2D eigenvalue weighted by atomic mass is 32.2. The Bertz CT molecular complexity index is 898. The van der Waals surface area contributed by atoms with Crippen LogP contribution in [0.15, 0.2) is 58.4 Å². The number of carboxylic acids is 1. The highest BCUT2D eigenvalue weighted by Gasteiger charge is 2.11. The Labute approximate surface area is 146 Å². The number of hydrogen-bond acceptors (Lipinski definition) is 8. The summed E-state index contributed by atoms with van der Waals surface area (Å²) in [6.07, 6.45) is 3.23. The quantitative estimate of drug-likeness (QED) is 0.655. The second-order valence-corrected chi connectivity index (χ2v) is 5.75. The van der Waals surface area contributed by atoms with Gasteiger partial charge in [-0.25, -0.2) is 0 Å². The second-order valence-electron chi connectivity index (χ2n) is 4.82. The van der Waals surface area contributed by atoms with E-state index in [0.717, 1.165) is 11.8 Å². The van der Waals surface area contributed by atoms with Gasteiger partial charge in [0.2, 0.25) is 11.8 Å². The summed E-state index contributed by atoms with van der Waals surface area (Å²) in [6, 6.07) is 9.35. The maximum Gasteiger partial charge on any atom is 0.277 e. The topological polar surface area (TPSA) is 121 Å². The second kappa shape index (κ2) is 7.58. The number of aromatic carboxylic acids is 1. The fourth-order valence-electron chi connectivity index (χ4n) is 1.92. The lowest BCUT2D eigenvalue weighted by atomic mass is 10.2. The zero-order chi connectivity index (χ0) is 17.6. The van der Waals surface area contributed by atoms with E-state index in [9.17, 15) is 14.7 Å². The minimum absolute atomic E-state index is 0.0107. The first-order valence-corrected chi connectivity index (χ1v) is 8.08. The Morgan fingerprint density at radius 1 is 1.20 bits per heavy atom. The first-order valence-electron chi connectivity index (χ1n) is 7.10. The molecule has 0 radical (unpaired) electrons. The average Bonchev–Trinajstić information content (AvgIpc) is 3.10. The molecular formula is C16H11N4O4S-. The number of rotatable bonds is 6. The molecule has 8 nitrogen and oxygen atoms in total. The summed E-state index contributed by atoms with van der Waals surface area (Å²) in [7, 11) is 0. The first-order chi connectivity index (χ1) is 12.1. The van der Waals surface area contributed by atoms with E-state index in [4.69, 9.17) is 4.42 Å². The van der Waals surface area contributed by atoms with Crippen molar-refractivity contribution in [2.75, 3.05) is 11.1 Å². The van der Waals surface area contributed by atoms with Crippen LogP contribution in [-0.2, 0) is 4.79 Å². The molecule has 0 saturated carbocycles. The van der Waals surface area contributed by atoms with Gasteiger partial charge >= 0.3 is 0 Å². The zero-order valence-corrected chi connectivity index (χ0v) is 13.5. The fraction of sp³-hybridized carbons (Fsp3) is 0.0625. The number of amides is 1. The number of aromatic nitrogens is 3. The van der Waals surface area contributed by atoms with Gasteiger partial charge in [0, 0.05) is 18.1 Å². The summed E-state index contributed by atoms with van der Waals surface area (Å²) in [6.45, 7) is 0. The van der Waals surface area contributed by atoms with E-state index in [1.807, 2.05) is 0 Å². The molecule has 9 heteroatoms. The van der Waals surface area contributed by atoms with Crippen LogP contribution in [0.25, 0.3) is 11.5 Å². The monoisotopic (exact) mass is 355 g/mol. The number of carboxylic acid groups (broad SMARTS) is 1. The molecule has 0 saturated heterocycles. The SMILES string of the molecule is O=C(CSc1nnc(-c2cccnc2)o1)Nc1cccc(C(=O)[O-])c1. The summed E-state index contributed by atoms with van der Waals surface area (Å²) in [5, 5.41) is 21.4. The molecule has 0 bridgehead atoms. The van der Waals surface area contributed by atoms with Crippen molar-refractivity contribution in [2.24, 2.45) is 0 Å². The number of pyridine rings is 1. The molecule has 1 amide bonds. The fourth-order valence-corrected chi connectivity index (χ4v) is 2.49. The molecule has 2 aromatic heterocycles. The van der Waals surface area contributed by atoms with Crippen LogP contribution in [0, 0.1) is 0 Å². The molecule has 0 atom stereocenters. The van der Waals surface area contributed by atoms with Crippen molar-refractivity contribution in [3.05, 3.63) is 54.4 Å². The van der Waals surface area contributed by atoms with Crippen LogP contribution in [0.4, 0.5) is 5.69 Å². The first kappa shape index (κ1) is 16.7. The lowest BCUT2D eigenvalue weighted by molar-refractivity contribution is -0.255. The Kier molecular flexibility index (Phi) is 5.05. The molecule has 0 unspecified atom stereocenters. The highest BCUT2D eigenvalue weighted by Crippen LogP contribution is 2.22. The summed E-state index contributed by atoms with van der Waals surface area (Å²) in [4.78, 5) is 26.7. The Hall–Kier alpha value is -3.20. The number of anilines is 1. The van der Waals surface area contributed by atoms with Crippen LogP contribution in [0.2, 0.25) is 0 Å². The Morgan fingerprint density at radius 3 is 2.84 bits per heavy atom. The van der Waals surface area contributed by atoms with Crippen molar-refractivity contribution in [1.82, 2.24) is 15.2 Å². The van der Waals surface area contributed by atoms with Crippen LogP contribution in [-0.4, -0.2) is 32.8 Å². The number of nitrogens with zero attached hydrogens (tertiary/aromatic N) is 3. The van der Waals surface area contributed by atoms with Crippen LogP contribution < -0.4 is 10.4 Å². The molecule has 0 fully saturated rings. The van der Waals surface area contributed by atoms with Gasteiger partial charge in [0.15, 0.2) is 0 Å². The van der Waals surface area contributed by atoms with Gasteiger partial charge in [0.25, 0.3) is 5.22 Å². The van der Waals surface area contributed by atoms with E-state index < -0.39 is 5.97 Å². The van der Waals surface area contributed by atoms with E-state index in [2.05, 4.69) is 20.5 Å². The minimum Gasteiger partial charge on any atom is -0.545 e. The van der Waals surface area contributed by atoms with Crippen molar-refractivity contribution in [2.45, 2.75) is 5.22 Å². The smallest absolute Gasteiger partial charge is 0.277 e. The molecule has 3 aromatic rings. The zero-order valence-electron chi connectivity index (χ0n) is 12.7. The lowest BCUT2D eigenvalue weighted by Crippen LogP contribution is -2.22. The molecule has 0 aliphatic rings. The van der Waals surface area contributed by atoms with Crippen LogP contribution in [0.5, 0.6) is 0 Å². The summed E-state index contributed by atoms with van der Waals surface area (Å²) >= 11 is 1.07. The van der Waals surface area contributed by atoms with Gasteiger partial charge in [-0.05, 0) is 29.8 Å². The predicted octanol–water partition coefficient (Wildman–Crippen LogP) is 1.23. The van der Waals surface area contributed by atoms with E-state index in [1.165, 1.54) is 18.2 Å². The van der Waals surface area contributed by atoms with E-state index in [0.29, 0.717) is 17.1 Å². The third kappa shape index (κ3) is 4.42. The van der Waals surface area contributed by atoms with E-state index >= 15 is 0 Å². The Morgan fingerprint density at radius 2 is 2.08 bits per heavy atom. The maximum absolute atomic E-state index is 11.9. The molecule has 126 valence electrons. The largest absolute Gasteiger partial charge is 0.545 e. The number of nitrogens with one attached hydrogen (secondary N) is 1. The maximum atomic E-state index is 11.9. The molecule has 0 spiro atoms. The van der Waals surface area contributed by atoms with Crippen molar-refractivity contribution in [3.8, 4) is 11.5 Å². The molecule has 3 rings (SSSR count). The summed E-state index contributed by atoms with van der Waals surface area (Å²) < 4.78 is 5.46. The van der Waals surface area contributed by atoms with Crippen molar-refractivity contribution < 1.29 is 19.1 Å². The van der Waals surface area contributed by atoms with Gasteiger partial charge in [-0.15, -0.1) is 10.2 Å². The van der Waals surface area contributed by atoms with Crippen LogP contribution in [0.3, 0.4) is 0 Å². The third-order valence-corrected chi connectivity index (χ3v) is 3.84. The molecular weight excluding hydrogens is 344 g/mol. The van der Waals surface area contributed by atoms with Gasteiger partial charge in [-0.3, -0.25) is 9.78 Å². The molecule has 1 aromatic carbocycles. The van der Waals surface area contributed by atoms with Crippen LogP contribution in [0.1, 0.15) is 10.4 Å². The summed E-state index contributed by atoms with van der Waals surface area (Å²) in [5.74, 6) is -1.29. The predicted molar refractivity (Wildman–Crippen MR) is 87.7 cm³/mol. The molecule has 0 aliphatic heterocycles. The van der Waals surface area contributed by atoms with Gasteiger partial charge in [0.1, 0.15) is 0 Å². The number of carbonyl (C=O) groups is 2. The lowest BCUT2D eigenvalue weighted by Gasteiger charge is -2.07. The number of carbonyl (C=O) groups excluding carboxylic acids is 2. The molecule has 2 heterocycles. The Balaban J connectivity index is 1.57. The minimum atomic E-state index is -1.31. The summed E-state index contributed by atoms with van der Waals surface area (Å²) in [5.41, 5.74) is 1.04. The van der Waals surface area contributed by atoms with Crippen molar-refractivity contribution in [3.63, 3.8) is 0 Å². The average molecular weight is 355 g/mol. The molecule has 25 heavy (non-hydrogen) atoms. The third-order valence-electron chi connectivity index (χ3n) is 3.02. The van der Waals surface area contributed by atoms with Gasteiger partial charge in [-0.2, -0.15) is 0 Å². The van der Waals surface area contributed by atoms with Crippen LogP contribution >= 0.6 is 11.8 Å². The van der Waals surface area contributed by atoms with Gasteiger partial charge in [-0.1, -0.05) is 23.9 Å². The number of benzene rings is 1. The number of thioether (sulfide) groups is 1. The highest BCUT2D eigenvalue weighted by molar-refractivity contribution is 7.99. The standard InChI is InChI=1S/C16H12N4O4S/c21-13(18-12-5-1-3-10(7-12)15(22)23)9-25-16-20-19-14(24-16)11-4-2-6-17-8-11/h1-8H,9H2,(H,18,21)(H,22,23)/p-1. The van der Waals surface area contributed by atoms with E-state index in [-0.39, 0.29) is 22.4 Å². The van der Waals surface area contributed by atoms with Crippen molar-refractivity contribution in [1.29, 1.82) is 0 Å².